The van der Waals surface area contributed by atoms with E-state index < -0.39 is 0 Å². The van der Waals surface area contributed by atoms with Crippen molar-refractivity contribution in [3.05, 3.63) is 51.7 Å². The number of aryl methyl sites for hydroxylation is 1. The molecule has 0 bridgehead atoms. The summed E-state index contributed by atoms with van der Waals surface area (Å²) >= 11 is 1.67. The van der Waals surface area contributed by atoms with Crippen molar-refractivity contribution in [3.63, 3.8) is 0 Å². The molecule has 0 spiro atoms. The van der Waals surface area contributed by atoms with Crippen molar-refractivity contribution in [3.8, 4) is 0 Å². The number of aromatic nitrogens is 1. The van der Waals surface area contributed by atoms with Crippen molar-refractivity contribution in [2.24, 2.45) is 4.99 Å². The lowest BCUT2D eigenvalue weighted by molar-refractivity contribution is 0.0170. The van der Waals surface area contributed by atoms with Crippen molar-refractivity contribution in [2.75, 3.05) is 39.9 Å². The maximum Gasteiger partial charge on any atom is 0.191 e. The molecule has 0 aliphatic carbocycles. The monoisotopic (exact) mass is 519 g/mol. The lowest BCUT2D eigenvalue weighted by Gasteiger charge is -2.35. The SMILES string of the molecule is CN=C(NCc1cnc(C)s1)NCC(c1ccc(F)cc1)N1CCOCC1.I. The van der Waals surface area contributed by atoms with E-state index in [1.54, 1.807) is 18.4 Å². The van der Waals surface area contributed by atoms with Crippen molar-refractivity contribution in [2.45, 2.75) is 19.5 Å². The minimum Gasteiger partial charge on any atom is -0.379 e. The molecule has 1 atom stereocenters. The number of hydrogen-bond acceptors (Lipinski definition) is 5. The number of halogens is 2. The number of nitrogens with one attached hydrogen (secondary N) is 2. The van der Waals surface area contributed by atoms with Gasteiger partial charge in [0.25, 0.3) is 0 Å². The zero-order valence-corrected chi connectivity index (χ0v) is 19.3. The molecule has 2 N–H and O–H groups in total. The molecular formula is C19H27FIN5OS. The van der Waals surface area contributed by atoms with E-state index in [-0.39, 0.29) is 35.8 Å². The van der Waals surface area contributed by atoms with Gasteiger partial charge in [0.2, 0.25) is 0 Å². The van der Waals surface area contributed by atoms with Crippen LogP contribution in [0.4, 0.5) is 4.39 Å². The summed E-state index contributed by atoms with van der Waals surface area (Å²) in [6.07, 6.45) is 1.88. The second kappa shape index (κ2) is 11.6. The van der Waals surface area contributed by atoms with E-state index in [2.05, 4.69) is 25.5 Å². The Labute approximate surface area is 186 Å². The zero-order valence-electron chi connectivity index (χ0n) is 16.2. The Hall–Kier alpha value is -1.30. The Bertz CT molecular complexity index is 749. The number of hydrogen-bond donors (Lipinski definition) is 2. The second-order valence-corrected chi connectivity index (χ2v) is 7.69. The first-order valence-corrected chi connectivity index (χ1v) is 9.90. The third-order valence-corrected chi connectivity index (χ3v) is 5.44. The van der Waals surface area contributed by atoms with Crippen LogP contribution in [0.5, 0.6) is 0 Å². The second-order valence-electron chi connectivity index (χ2n) is 6.37. The lowest BCUT2D eigenvalue weighted by Crippen LogP contribution is -2.46. The largest absolute Gasteiger partial charge is 0.379 e. The van der Waals surface area contributed by atoms with E-state index in [0.717, 1.165) is 42.8 Å². The van der Waals surface area contributed by atoms with Crippen LogP contribution >= 0.6 is 35.3 Å². The van der Waals surface area contributed by atoms with Crippen LogP contribution in [0.3, 0.4) is 0 Å². The van der Waals surface area contributed by atoms with E-state index in [9.17, 15) is 4.39 Å². The third-order valence-electron chi connectivity index (χ3n) is 4.53. The maximum absolute atomic E-state index is 13.3. The number of thiazole rings is 1. The average molecular weight is 519 g/mol. The highest BCUT2D eigenvalue weighted by atomic mass is 127. The van der Waals surface area contributed by atoms with E-state index in [1.807, 2.05) is 25.3 Å². The minimum atomic E-state index is -0.218. The molecule has 6 nitrogen and oxygen atoms in total. The number of guanidine groups is 1. The number of morpholine rings is 1. The summed E-state index contributed by atoms with van der Waals surface area (Å²) in [5, 5.41) is 7.78. The van der Waals surface area contributed by atoms with Gasteiger partial charge in [-0.15, -0.1) is 35.3 Å². The molecule has 9 heteroatoms. The van der Waals surface area contributed by atoms with Crippen LogP contribution in [-0.4, -0.2) is 55.7 Å². The van der Waals surface area contributed by atoms with E-state index >= 15 is 0 Å². The van der Waals surface area contributed by atoms with Gasteiger partial charge in [-0.1, -0.05) is 12.1 Å². The van der Waals surface area contributed by atoms with Gasteiger partial charge in [0.15, 0.2) is 5.96 Å². The zero-order chi connectivity index (χ0) is 19.1. The molecule has 0 amide bonds. The highest BCUT2D eigenvalue weighted by Crippen LogP contribution is 2.21. The molecular weight excluding hydrogens is 492 g/mol. The fraction of sp³-hybridized carbons (Fsp3) is 0.474. The molecule has 1 aromatic heterocycles. The van der Waals surface area contributed by atoms with Crippen molar-refractivity contribution in [1.82, 2.24) is 20.5 Å². The van der Waals surface area contributed by atoms with Gasteiger partial charge in [-0.3, -0.25) is 9.89 Å². The fourth-order valence-corrected chi connectivity index (χ4v) is 3.84. The first-order chi connectivity index (χ1) is 13.2. The predicted octanol–water partition coefficient (Wildman–Crippen LogP) is 2.95. The number of benzene rings is 1. The van der Waals surface area contributed by atoms with Gasteiger partial charge in [-0.2, -0.15) is 0 Å². The van der Waals surface area contributed by atoms with Crippen LogP contribution in [-0.2, 0) is 11.3 Å². The standard InChI is InChI=1S/C19H26FN5OS.HI/c1-14-22-11-17(27-14)12-23-19(21-2)24-13-18(25-7-9-26-10-8-25)15-3-5-16(20)6-4-15;/h3-6,11,18H,7-10,12-13H2,1-2H3,(H2,21,23,24);1H. The molecule has 154 valence electrons. The summed E-state index contributed by atoms with van der Waals surface area (Å²) in [4.78, 5) is 12.1. The van der Waals surface area contributed by atoms with Crippen LogP contribution in [0, 0.1) is 12.7 Å². The van der Waals surface area contributed by atoms with Gasteiger partial charge in [0.05, 0.1) is 30.8 Å². The normalized spacial score (nSPS) is 16.3. The first-order valence-electron chi connectivity index (χ1n) is 9.09. The van der Waals surface area contributed by atoms with Crippen molar-refractivity contribution >= 4 is 41.3 Å². The fourth-order valence-electron chi connectivity index (χ4n) is 3.10. The number of aliphatic imine (C=N–C) groups is 1. The average Bonchev–Trinajstić information content (AvgIpc) is 3.11. The van der Waals surface area contributed by atoms with Gasteiger partial charge in [0.1, 0.15) is 5.82 Å². The number of nitrogens with zero attached hydrogens (tertiary/aromatic N) is 3. The van der Waals surface area contributed by atoms with Gasteiger partial charge < -0.3 is 15.4 Å². The van der Waals surface area contributed by atoms with Crippen molar-refractivity contribution in [1.29, 1.82) is 0 Å². The molecule has 1 unspecified atom stereocenters. The molecule has 1 aliphatic rings. The summed E-state index contributed by atoms with van der Waals surface area (Å²) in [6.45, 7) is 6.50. The third kappa shape index (κ3) is 6.64. The van der Waals surface area contributed by atoms with Crippen LogP contribution in [0.1, 0.15) is 21.5 Å². The molecule has 0 radical (unpaired) electrons. The quantitative estimate of drug-likeness (QED) is 0.349. The molecule has 1 aromatic carbocycles. The minimum absolute atomic E-state index is 0. The Morgan fingerprint density at radius 3 is 2.61 bits per heavy atom. The van der Waals surface area contributed by atoms with Crippen molar-refractivity contribution < 1.29 is 9.13 Å². The van der Waals surface area contributed by atoms with Gasteiger partial charge in [0, 0.05) is 37.8 Å². The predicted molar refractivity (Wildman–Crippen MR) is 122 cm³/mol. The topological polar surface area (TPSA) is 61.8 Å². The lowest BCUT2D eigenvalue weighted by atomic mass is 10.0. The van der Waals surface area contributed by atoms with Crippen LogP contribution < -0.4 is 10.6 Å². The summed E-state index contributed by atoms with van der Waals surface area (Å²) < 4.78 is 18.8. The van der Waals surface area contributed by atoms with E-state index in [1.165, 1.54) is 17.0 Å². The molecule has 3 rings (SSSR count). The van der Waals surface area contributed by atoms with Crippen LogP contribution in [0.15, 0.2) is 35.5 Å². The smallest absolute Gasteiger partial charge is 0.191 e. The molecule has 2 heterocycles. The summed E-state index contributed by atoms with van der Waals surface area (Å²) in [5.74, 6) is 0.520. The summed E-state index contributed by atoms with van der Waals surface area (Å²) in [7, 11) is 1.76. The Kier molecular flexibility index (Phi) is 9.56. The number of rotatable bonds is 6. The Balaban J connectivity index is 0.00000280. The molecule has 28 heavy (non-hydrogen) atoms. The molecule has 1 aliphatic heterocycles. The van der Waals surface area contributed by atoms with Crippen LogP contribution in [0.2, 0.25) is 0 Å². The highest BCUT2D eigenvalue weighted by Gasteiger charge is 2.23. The van der Waals surface area contributed by atoms with E-state index in [0.29, 0.717) is 13.1 Å². The van der Waals surface area contributed by atoms with Gasteiger partial charge >= 0.3 is 0 Å². The first kappa shape index (κ1) is 23.0. The van der Waals surface area contributed by atoms with Crippen LogP contribution in [0.25, 0.3) is 0 Å². The molecule has 1 saturated heterocycles. The van der Waals surface area contributed by atoms with Gasteiger partial charge in [-0.25, -0.2) is 9.37 Å². The molecule has 1 fully saturated rings. The summed E-state index contributed by atoms with van der Waals surface area (Å²) in [6, 6.07) is 6.86. The molecule has 0 saturated carbocycles. The summed E-state index contributed by atoms with van der Waals surface area (Å²) in [5.41, 5.74) is 1.08. The maximum atomic E-state index is 13.3. The van der Waals surface area contributed by atoms with Gasteiger partial charge in [-0.05, 0) is 24.6 Å². The highest BCUT2D eigenvalue weighted by molar-refractivity contribution is 14.0. The number of ether oxygens (including phenoxy) is 1. The Morgan fingerprint density at radius 2 is 2.00 bits per heavy atom. The Morgan fingerprint density at radius 1 is 1.29 bits per heavy atom. The molecule has 2 aromatic rings. The van der Waals surface area contributed by atoms with E-state index in [4.69, 9.17) is 4.74 Å².